The maximum atomic E-state index is 10.1. The van der Waals surface area contributed by atoms with E-state index in [1.54, 1.807) is 23.0 Å². The molecule has 25 heavy (non-hydrogen) atoms. The summed E-state index contributed by atoms with van der Waals surface area (Å²) in [6.07, 6.45) is 1.80. The molecule has 1 aliphatic rings. The largest absolute Gasteiger partial charge is 0.507 e. The molecule has 3 aromatic rings. The number of benzene rings is 1. The Morgan fingerprint density at radius 2 is 2.16 bits per heavy atom. The van der Waals surface area contributed by atoms with Crippen LogP contribution in [0.2, 0.25) is 0 Å². The highest BCUT2D eigenvalue weighted by molar-refractivity contribution is 7.09. The second-order valence-electron chi connectivity index (χ2n) is 5.94. The smallest absolute Gasteiger partial charge is 0.170 e. The van der Waals surface area contributed by atoms with Crippen molar-refractivity contribution in [2.24, 2.45) is 0 Å². The summed E-state index contributed by atoms with van der Waals surface area (Å²) in [4.78, 5) is 5.11. The van der Waals surface area contributed by atoms with Crippen molar-refractivity contribution in [3.05, 3.63) is 63.5 Å². The van der Waals surface area contributed by atoms with Crippen molar-refractivity contribution in [3.63, 3.8) is 0 Å². The van der Waals surface area contributed by atoms with Gasteiger partial charge in [0, 0.05) is 22.7 Å². The molecule has 0 saturated heterocycles. The standard InChI is InChI=1S/C19H17NO4S/c1-11-8-23-19(12(2)18(11)21)17-6-13-5-14(3-4-16(13)24-17)22-9-15-7-20-10-25-15/h3-7,10,21H,8-9H2,1-2H3. The Kier molecular flexibility index (Phi) is 3.97. The maximum Gasteiger partial charge on any atom is 0.170 e. The van der Waals surface area contributed by atoms with Crippen LogP contribution in [0.5, 0.6) is 5.75 Å². The van der Waals surface area contributed by atoms with Crippen molar-refractivity contribution in [1.29, 1.82) is 0 Å². The predicted molar refractivity (Wildman–Crippen MR) is 96.5 cm³/mol. The number of aliphatic hydroxyl groups excluding tert-OH is 1. The van der Waals surface area contributed by atoms with Gasteiger partial charge in [0.05, 0.1) is 10.4 Å². The number of nitrogens with zero attached hydrogens (tertiary/aromatic N) is 1. The monoisotopic (exact) mass is 355 g/mol. The lowest BCUT2D eigenvalue weighted by atomic mass is 10.1. The normalized spacial score (nSPS) is 15.0. The van der Waals surface area contributed by atoms with E-state index in [1.807, 2.05) is 38.1 Å². The van der Waals surface area contributed by atoms with E-state index in [1.165, 1.54) is 0 Å². The number of ether oxygens (including phenoxy) is 2. The van der Waals surface area contributed by atoms with Crippen molar-refractivity contribution in [3.8, 4) is 5.75 Å². The van der Waals surface area contributed by atoms with Crippen molar-refractivity contribution < 1.29 is 19.0 Å². The summed E-state index contributed by atoms with van der Waals surface area (Å²) in [5, 5.41) is 11.1. The van der Waals surface area contributed by atoms with Crippen LogP contribution in [0.25, 0.3) is 16.7 Å². The van der Waals surface area contributed by atoms with Gasteiger partial charge < -0.3 is 19.0 Å². The van der Waals surface area contributed by atoms with Crippen LogP contribution in [0.15, 0.2) is 57.3 Å². The van der Waals surface area contributed by atoms with Gasteiger partial charge in [-0.2, -0.15) is 0 Å². The molecule has 0 fully saturated rings. The topological polar surface area (TPSA) is 64.7 Å². The fraction of sp³-hybridized carbons (Fsp3) is 0.211. The van der Waals surface area contributed by atoms with E-state index < -0.39 is 0 Å². The molecule has 2 aromatic heterocycles. The molecule has 1 N–H and O–H groups in total. The lowest BCUT2D eigenvalue weighted by molar-refractivity contribution is 0.272. The van der Waals surface area contributed by atoms with Crippen molar-refractivity contribution in [1.82, 2.24) is 4.98 Å². The highest BCUT2D eigenvalue weighted by Crippen LogP contribution is 2.34. The number of aliphatic hydroxyl groups is 1. The number of aromatic nitrogens is 1. The minimum absolute atomic E-state index is 0.273. The Balaban J connectivity index is 1.62. The molecule has 0 unspecified atom stereocenters. The molecule has 0 radical (unpaired) electrons. The first-order valence-corrected chi connectivity index (χ1v) is 8.76. The second-order valence-corrected chi connectivity index (χ2v) is 6.91. The summed E-state index contributed by atoms with van der Waals surface area (Å²) in [5.41, 5.74) is 4.03. The summed E-state index contributed by atoms with van der Waals surface area (Å²) >= 11 is 1.56. The summed E-state index contributed by atoms with van der Waals surface area (Å²) < 4.78 is 17.4. The molecule has 0 spiro atoms. The Labute approximate surface area is 148 Å². The van der Waals surface area contributed by atoms with E-state index in [9.17, 15) is 5.11 Å². The Bertz CT molecular complexity index is 982. The van der Waals surface area contributed by atoms with Crippen molar-refractivity contribution in [2.45, 2.75) is 20.5 Å². The van der Waals surface area contributed by atoms with Gasteiger partial charge in [0.1, 0.15) is 30.3 Å². The van der Waals surface area contributed by atoms with Gasteiger partial charge in [-0.3, -0.25) is 4.98 Å². The minimum atomic E-state index is 0.273. The van der Waals surface area contributed by atoms with Crippen LogP contribution in [-0.2, 0) is 11.3 Å². The zero-order chi connectivity index (χ0) is 17.4. The van der Waals surface area contributed by atoms with E-state index in [-0.39, 0.29) is 5.76 Å². The average molecular weight is 355 g/mol. The number of rotatable bonds is 4. The van der Waals surface area contributed by atoms with Crippen LogP contribution in [-0.4, -0.2) is 16.7 Å². The molecule has 1 aromatic carbocycles. The third-order valence-corrected chi connectivity index (χ3v) is 4.86. The summed E-state index contributed by atoms with van der Waals surface area (Å²) in [5.74, 6) is 2.22. The summed E-state index contributed by atoms with van der Waals surface area (Å²) in [6.45, 7) is 4.52. The molecule has 128 valence electrons. The molecule has 3 heterocycles. The van der Waals surface area contributed by atoms with Gasteiger partial charge in [0.2, 0.25) is 0 Å². The number of allylic oxidation sites excluding steroid dienone is 1. The van der Waals surface area contributed by atoms with E-state index in [0.29, 0.717) is 30.3 Å². The van der Waals surface area contributed by atoms with E-state index in [4.69, 9.17) is 13.9 Å². The molecule has 4 rings (SSSR count). The van der Waals surface area contributed by atoms with Crippen LogP contribution < -0.4 is 4.74 Å². The molecular weight excluding hydrogens is 338 g/mol. The molecule has 6 heteroatoms. The van der Waals surface area contributed by atoms with Gasteiger partial charge in [-0.25, -0.2) is 0 Å². The quantitative estimate of drug-likeness (QED) is 0.708. The van der Waals surface area contributed by atoms with Crippen LogP contribution in [0.1, 0.15) is 24.5 Å². The zero-order valence-corrected chi connectivity index (χ0v) is 14.7. The second kappa shape index (κ2) is 6.29. The van der Waals surface area contributed by atoms with E-state index in [0.717, 1.165) is 27.2 Å². The van der Waals surface area contributed by atoms with Crippen molar-refractivity contribution in [2.75, 3.05) is 6.61 Å². The van der Waals surface area contributed by atoms with Crippen molar-refractivity contribution >= 4 is 28.1 Å². The molecule has 0 atom stereocenters. The molecule has 0 amide bonds. The van der Waals surface area contributed by atoms with Gasteiger partial charge in [-0.1, -0.05) is 0 Å². The zero-order valence-electron chi connectivity index (χ0n) is 13.9. The molecule has 5 nitrogen and oxygen atoms in total. The van der Waals surface area contributed by atoms with Crippen LogP contribution >= 0.6 is 11.3 Å². The van der Waals surface area contributed by atoms with E-state index >= 15 is 0 Å². The third-order valence-electron chi connectivity index (χ3n) is 4.11. The van der Waals surface area contributed by atoms with Gasteiger partial charge in [-0.15, -0.1) is 11.3 Å². The van der Waals surface area contributed by atoms with Crippen LogP contribution in [0.3, 0.4) is 0 Å². The first-order valence-electron chi connectivity index (χ1n) is 7.88. The summed E-state index contributed by atoms with van der Waals surface area (Å²) in [6, 6.07) is 7.59. The molecular formula is C19H17NO4S. The van der Waals surface area contributed by atoms with Crippen LogP contribution in [0, 0.1) is 0 Å². The third kappa shape index (κ3) is 3.00. The Hall–Kier alpha value is -2.73. The fourth-order valence-corrected chi connectivity index (χ4v) is 3.24. The fourth-order valence-electron chi connectivity index (χ4n) is 2.73. The maximum absolute atomic E-state index is 10.1. The number of furan rings is 1. The molecule has 1 aliphatic heterocycles. The first-order chi connectivity index (χ1) is 12.1. The Morgan fingerprint density at radius 1 is 1.28 bits per heavy atom. The van der Waals surface area contributed by atoms with Gasteiger partial charge in [-0.05, 0) is 38.1 Å². The van der Waals surface area contributed by atoms with Gasteiger partial charge >= 0.3 is 0 Å². The predicted octanol–water partition coefficient (Wildman–Crippen LogP) is 5.06. The Morgan fingerprint density at radius 3 is 2.96 bits per heavy atom. The lowest BCUT2D eigenvalue weighted by Gasteiger charge is -2.18. The lowest BCUT2D eigenvalue weighted by Crippen LogP contribution is -2.08. The number of thiazole rings is 1. The van der Waals surface area contributed by atoms with Crippen LogP contribution in [0.4, 0.5) is 0 Å². The highest BCUT2D eigenvalue weighted by Gasteiger charge is 2.21. The van der Waals surface area contributed by atoms with Gasteiger partial charge in [0.15, 0.2) is 11.5 Å². The molecule has 0 saturated carbocycles. The van der Waals surface area contributed by atoms with E-state index in [2.05, 4.69) is 4.98 Å². The number of hydrogen-bond acceptors (Lipinski definition) is 6. The van der Waals surface area contributed by atoms with Gasteiger partial charge in [0.25, 0.3) is 0 Å². The highest BCUT2D eigenvalue weighted by atomic mass is 32.1. The number of hydrogen-bond donors (Lipinski definition) is 1. The average Bonchev–Trinajstić information content (AvgIpc) is 3.26. The molecule has 0 bridgehead atoms. The SMILES string of the molecule is CC1=C(O)C(C)=C(c2cc3cc(OCc4cncs4)ccc3o2)OC1. The minimum Gasteiger partial charge on any atom is -0.507 e. The number of fused-ring (bicyclic) bond motifs is 1. The summed E-state index contributed by atoms with van der Waals surface area (Å²) in [7, 11) is 0. The first kappa shape index (κ1) is 15.8. The molecule has 0 aliphatic carbocycles.